The van der Waals surface area contributed by atoms with Crippen LogP contribution in [0.4, 0.5) is 0 Å². The second kappa shape index (κ2) is 8.96. The number of pyridine rings is 1. The van der Waals surface area contributed by atoms with Crippen molar-refractivity contribution in [2.75, 3.05) is 20.3 Å². The lowest BCUT2D eigenvalue weighted by Crippen LogP contribution is -2.41. The molecular formula is C23H32BNO5. The summed E-state index contributed by atoms with van der Waals surface area (Å²) in [6.45, 7) is 10.6. The first-order valence-corrected chi connectivity index (χ1v) is 10.4. The van der Waals surface area contributed by atoms with Crippen molar-refractivity contribution in [2.24, 2.45) is 0 Å². The van der Waals surface area contributed by atoms with Crippen molar-refractivity contribution in [2.45, 2.75) is 58.1 Å². The van der Waals surface area contributed by atoms with Crippen molar-refractivity contribution >= 4 is 7.12 Å². The van der Waals surface area contributed by atoms with Crippen LogP contribution in [0.25, 0.3) is 11.1 Å². The highest BCUT2D eigenvalue weighted by Gasteiger charge is 2.51. The van der Waals surface area contributed by atoms with Gasteiger partial charge in [0.1, 0.15) is 0 Å². The largest absolute Gasteiger partial charge is 0.493 e. The molecule has 1 aliphatic rings. The summed E-state index contributed by atoms with van der Waals surface area (Å²) < 4.78 is 23.3. The molecule has 30 heavy (non-hydrogen) atoms. The standard InChI is InChI=1S/C23H32BNO5/c1-7-28-21-11-16(8-9-20(21)27-6)17-10-18(14-25-13-17)19(15-26)12-24-29-22(2,3)23(4,5)30-24/h8-11,13-14,19,26H,7,12,15H2,1-6H3. The summed E-state index contributed by atoms with van der Waals surface area (Å²) in [7, 11) is 1.25. The summed E-state index contributed by atoms with van der Waals surface area (Å²) in [4.78, 5) is 4.42. The Balaban J connectivity index is 1.83. The van der Waals surface area contributed by atoms with Crippen molar-refractivity contribution in [3.63, 3.8) is 0 Å². The van der Waals surface area contributed by atoms with Crippen LogP contribution < -0.4 is 9.47 Å². The minimum Gasteiger partial charge on any atom is -0.493 e. The van der Waals surface area contributed by atoms with Gasteiger partial charge in [-0.05, 0) is 70.3 Å². The number of aliphatic hydroxyl groups excluding tert-OH is 1. The molecule has 0 saturated carbocycles. The fraction of sp³-hybridized carbons (Fsp3) is 0.522. The maximum absolute atomic E-state index is 10.1. The highest BCUT2D eigenvalue weighted by molar-refractivity contribution is 6.45. The molecule has 1 aromatic carbocycles. The number of nitrogens with zero attached hydrogens (tertiary/aromatic N) is 1. The fourth-order valence-corrected chi connectivity index (χ4v) is 3.57. The molecule has 1 aromatic heterocycles. The van der Waals surface area contributed by atoms with Gasteiger partial charge in [-0.25, -0.2) is 0 Å². The molecule has 0 radical (unpaired) electrons. The molecule has 1 N–H and O–H groups in total. The molecule has 1 unspecified atom stereocenters. The van der Waals surface area contributed by atoms with E-state index in [-0.39, 0.29) is 19.6 Å². The lowest BCUT2D eigenvalue weighted by Gasteiger charge is -2.32. The minimum atomic E-state index is -0.392. The lowest BCUT2D eigenvalue weighted by molar-refractivity contribution is 0.00578. The van der Waals surface area contributed by atoms with Gasteiger partial charge in [-0.2, -0.15) is 0 Å². The molecule has 1 atom stereocenters. The molecule has 0 amide bonds. The van der Waals surface area contributed by atoms with Crippen LogP contribution >= 0.6 is 0 Å². The zero-order chi connectivity index (χ0) is 21.9. The maximum atomic E-state index is 10.1. The van der Waals surface area contributed by atoms with E-state index in [0.717, 1.165) is 16.7 Å². The van der Waals surface area contributed by atoms with E-state index in [1.54, 1.807) is 13.3 Å². The third kappa shape index (κ3) is 4.63. The van der Waals surface area contributed by atoms with E-state index in [4.69, 9.17) is 18.8 Å². The van der Waals surface area contributed by atoms with E-state index in [9.17, 15) is 5.11 Å². The SMILES string of the molecule is CCOc1cc(-c2cncc(C(CO)CB3OC(C)(C)C(C)(C)O3)c2)ccc1OC. The molecule has 0 aliphatic carbocycles. The zero-order valence-corrected chi connectivity index (χ0v) is 18.8. The van der Waals surface area contributed by atoms with Crippen LogP contribution in [0.1, 0.15) is 46.1 Å². The quantitative estimate of drug-likeness (QED) is 0.650. The first kappa shape index (κ1) is 22.6. The number of aromatic nitrogens is 1. The van der Waals surface area contributed by atoms with Crippen LogP contribution in [-0.2, 0) is 9.31 Å². The number of ether oxygens (including phenoxy) is 2. The highest BCUT2D eigenvalue weighted by atomic mass is 16.7. The maximum Gasteiger partial charge on any atom is 0.458 e. The number of methoxy groups -OCH3 is 1. The Bertz CT molecular complexity index is 854. The van der Waals surface area contributed by atoms with Crippen LogP contribution in [0.2, 0.25) is 6.32 Å². The van der Waals surface area contributed by atoms with E-state index >= 15 is 0 Å². The third-order valence-electron chi connectivity index (χ3n) is 6.03. The molecule has 162 valence electrons. The molecule has 0 bridgehead atoms. The Labute approximate surface area is 179 Å². The molecule has 1 aliphatic heterocycles. The van der Waals surface area contributed by atoms with E-state index in [2.05, 4.69) is 11.1 Å². The predicted octanol–water partition coefficient (Wildman–Crippen LogP) is 4.32. The Morgan fingerprint density at radius 1 is 1.03 bits per heavy atom. The van der Waals surface area contributed by atoms with Gasteiger partial charge in [0.2, 0.25) is 0 Å². The van der Waals surface area contributed by atoms with Gasteiger partial charge in [0.25, 0.3) is 0 Å². The van der Waals surface area contributed by atoms with Gasteiger partial charge in [0.05, 0.1) is 24.9 Å². The van der Waals surface area contributed by atoms with Crippen LogP contribution in [-0.4, -0.2) is 48.7 Å². The second-order valence-corrected chi connectivity index (χ2v) is 8.61. The van der Waals surface area contributed by atoms with Gasteiger partial charge in [0, 0.05) is 30.5 Å². The van der Waals surface area contributed by atoms with Crippen LogP contribution in [0, 0.1) is 0 Å². The van der Waals surface area contributed by atoms with E-state index < -0.39 is 11.2 Å². The molecule has 1 saturated heterocycles. The molecular weight excluding hydrogens is 381 g/mol. The summed E-state index contributed by atoms with van der Waals surface area (Å²) in [6.07, 6.45) is 4.16. The molecule has 0 spiro atoms. The van der Waals surface area contributed by atoms with E-state index in [1.807, 2.05) is 59.0 Å². The number of benzene rings is 1. The highest BCUT2D eigenvalue weighted by Crippen LogP contribution is 2.40. The average Bonchev–Trinajstić information content (AvgIpc) is 2.92. The molecule has 2 aromatic rings. The van der Waals surface area contributed by atoms with Crippen LogP contribution in [0.5, 0.6) is 11.5 Å². The summed E-state index contributed by atoms with van der Waals surface area (Å²) in [5, 5.41) is 10.1. The van der Waals surface area contributed by atoms with Crippen molar-refractivity contribution in [1.82, 2.24) is 4.98 Å². The summed E-state index contributed by atoms with van der Waals surface area (Å²) in [5.41, 5.74) is 2.08. The predicted molar refractivity (Wildman–Crippen MR) is 118 cm³/mol. The van der Waals surface area contributed by atoms with Crippen molar-refractivity contribution in [3.8, 4) is 22.6 Å². The Morgan fingerprint density at radius 2 is 1.73 bits per heavy atom. The summed E-state index contributed by atoms with van der Waals surface area (Å²) in [6, 6.07) is 7.87. The van der Waals surface area contributed by atoms with Crippen molar-refractivity contribution in [1.29, 1.82) is 0 Å². The van der Waals surface area contributed by atoms with Crippen molar-refractivity contribution in [3.05, 3.63) is 42.2 Å². The summed E-state index contributed by atoms with van der Waals surface area (Å²) in [5.74, 6) is 1.24. The number of rotatable bonds is 8. The first-order valence-electron chi connectivity index (χ1n) is 10.4. The van der Waals surface area contributed by atoms with Gasteiger partial charge in [0.15, 0.2) is 11.5 Å². The Hall–Kier alpha value is -2.09. The van der Waals surface area contributed by atoms with E-state index in [1.165, 1.54) is 0 Å². The van der Waals surface area contributed by atoms with Gasteiger partial charge >= 0.3 is 7.12 Å². The first-order chi connectivity index (χ1) is 14.2. The van der Waals surface area contributed by atoms with Crippen molar-refractivity contribution < 1.29 is 23.9 Å². The Morgan fingerprint density at radius 3 is 2.33 bits per heavy atom. The molecule has 6 nitrogen and oxygen atoms in total. The lowest BCUT2D eigenvalue weighted by atomic mass is 9.75. The van der Waals surface area contributed by atoms with Gasteiger partial charge in [-0.15, -0.1) is 0 Å². The molecule has 1 fully saturated rings. The van der Waals surface area contributed by atoms with Gasteiger partial charge in [-0.3, -0.25) is 4.98 Å². The molecule has 2 heterocycles. The minimum absolute atomic E-state index is 0.0119. The smallest absolute Gasteiger partial charge is 0.458 e. The fourth-order valence-electron chi connectivity index (χ4n) is 3.57. The monoisotopic (exact) mass is 413 g/mol. The van der Waals surface area contributed by atoms with Crippen LogP contribution in [0.3, 0.4) is 0 Å². The third-order valence-corrected chi connectivity index (χ3v) is 6.03. The Kier molecular flexibility index (Phi) is 6.75. The van der Waals surface area contributed by atoms with Crippen LogP contribution in [0.15, 0.2) is 36.7 Å². The number of hydrogen-bond donors (Lipinski definition) is 1. The molecule has 7 heteroatoms. The molecule has 3 rings (SSSR count). The normalized spacial score (nSPS) is 18.3. The number of aliphatic hydroxyl groups is 1. The average molecular weight is 413 g/mol. The topological polar surface area (TPSA) is 70.0 Å². The zero-order valence-electron chi connectivity index (χ0n) is 18.8. The number of hydrogen-bond acceptors (Lipinski definition) is 6. The summed E-state index contributed by atoms with van der Waals surface area (Å²) >= 11 is 0. The van der Waals surface area contributed by atoms with Gasteiger partial charge in [-0.1, -0.05) is 6.07 Å². The van der Waals surface area contributed by atoms with Gasteiger partial charge < -0.3 is 23.9 Å². The van der Waals surface area contributed by atoms with E-state index in [0.29, 0.717) is 24.4 Å². The second-order valence-electron chi connectivity index (χ2n) is 8.61.